The van der Waals surface area contributed by atoms with E-state index >= 15 is 0 Å². The molecule has 0 saturated heterocycles. The van der Waals surface area contributed by atoms with Gasteiger partial charge in [0.2, 0.25) is 0 Å². The fraction of sp³-hybridized carbons (Fsp3) is 0.333. The Bertz CT molecular complexity index is 668. The van der Waals surface area contributed by atoms with Gasteiger partial charge in [-0.1, -0.05) is 49.2 Å². The largest absolute Gasteiger partial charge is 0.416 e. The summed E-state index contributed by atoms with van der Waals surface area (Å²) in [5.74, 6) is 0. The van der Waals surface area contributed by atoms with E-state index in [-0.39, 0.29) is 10.6 Å². The van der Waals surface area contributed by atoms with Gasteiger partial charge in [-0.25, -0.2) is 0 Å². The Morgan fingerprint density at radius 1 is 0.917 bits per heavy atom. The summed E-state index contributed by atoms with van der Waals surface area (Å²) < 4.78 is 35.9. The second kappa shape index (κ2) is 9.70. The Morgan fingerprint density at radius 3 is 1.83 bits per heavy atom. The summed E-state index contributed by atoms with van der Waals surface area (Å²) in [6.45, 7) is 9.29. The number of nitro benzene ring substituents is 1. The average molecular weight is 341 g/mol. The first kappa shape index (κ1) is 21.6. The number of alkyl halides is 3. The van der Waals surface area contributed by atoms with E-state index in [2.05, 4.69) is 0 Å². The predicted molar refractivity (Wildman–Crippen MR) is 90.1 cm³/mol. The molecular formula is C18H22F3NO2. The monoisotopic (exact) mass is 341 g/mol. The van der Waals surface area contributed by atoms with Crippen LogP contribution >= 0.6 is 0 Å². The van der Waals surface area contributed by atoms with E-state index in [0.717, 1.165) is 23.3 Å². The Morgan fingerprint density at radius 2 is 1.46 bits per heavy atom. The van der Waals surface area contributed by atoms with Crippen LogP contribution in [0.1, 0.15) is 36.1 Å². The molecule has 6 heteroatoms. The van der Waals surface area contributed by atoms with E-state index in [9.17, 15) is 23.3 Å². The minimum atomic E-state index is -4.22. The summed E-state index contributed by atoms with van der Waals surface area (Å²) in [5, 5.41) is 10.3. The zero-order valence-corrected chi connectivity index (χ0v) is 14.4. The van der Waals surface area contributed by atoms with E-state index < -0.39 is 11.7 Å². The molecule has 0 fully saturated rings. The molecule has 2 rings (SSSR count). The Hall–Kier alpha value is -2.37. The first-order chi connectivity index (χ1) is 11.1. The van der Waals surface area contributed by atoms with Crippen molar-refractivity contribution in [1.82, 2.24) is 0 Å². The summed E-state index contributed by atoms with van der Waals surface area (Å²) in [5.41, 5.74) is 2.00. The van der Waals surface area contributed by atoms with Crippen LogP contribution in [0.3, 0.4) is 0 Å². The van der Waals surface area contributed by atoms with Crippen molar-refractivity contribution >= 4 is 5.69 Å². The highest BCUT2D eigenvalue weighted by Crippen LogP contribution is 2.29. The molecule has 0 radical (unpaired) electrons. The third kappa shape index (κ3) is 7.26. The molecule has 24 heavy (non-hydrogen) atoms. The van der Waals surface area contributed by atoms with E-state index in [1.54, 1.807) is 32.0 Å². The molecule has 0 N–H and O–H groups in total. The van der Waals surface area contributed by atoms with Crippen molar-refractivity contribution in [1.29, 1.82) is 0 Å². The standard InChI is InChI=1S/C8H7F3.C8H9NO2.C2H6/c1-6-3-2-4-7(5-6)8(9,10)11;1-6-3-4-8(9(10)11)7(2)5-6;1-2/h2-5H,1H3;3-5H,1-2H3;1-2H3. The molecule has 0 aliphatic rings. The topological polar surface area (TPSA) is 43.1 Å². The maximum atomic E-state index is 12.0. The maximum Gasteiger partial charge on any atom is 0.416 e. The normalized spacial score (nSPS) is 10.0. The molecule has 0 atom stereocenters. The maximum absolute atomic E-state index is 12.0. The molecule has 2 aromatic carbocycles. The fourth-order valence-electron chi connectivity index (χ4n) is 1.83. The quantitative estimate of drug-likeness (QED) is 0.454. The summed E-state index contributed by atoms with van der Waals surface area (Å²) in [6.07, 6.45) is -4.22. The number of aryl methyl sites for hydroxylation is 3. The second-order valence-corrected chi connectivity index (χ2v) is 4.91. The van der Waals surface area contributed by atoms with E-state index in [1.165, 1.54) is 12.1 Å². The van der Waals surface area contributed by atoms with Gasteiger partial charge in [0, 0.05) is 11.6 Å². The first-order valence-electron chi connectivity index (χ1n) is 7.47. The van der Waals surface area contributed by atoms with E-state index in [0.29, 0.717) is 5.56 Å². The number of nitrogens with zero attached hydrogens (tertiary/aromatic N) is 1. The fourth-order valence-corrected chi connectivity index (χ4v) is 1.83. The van der Waals surface area contributed by atoms with Gasteiger partial charge in [-0.3, -0.25) is 10.1 Å². The summed E-state index contributed by atoms with van der Waals surface area (Å²) in [4.78, 5) is 9.97. The zero-order chi connectivity index (χ0) is 18.9. The van der Waals surface area contributed by atoms with Gasteiger partial charge in [0.1, 0.15) is 0 Å². The smallest absolute Gasteiger partial charge is 0.258 e. The second-order valence-electron chi connectivity index (χ2n) is 4.91. The van der Waals surface area contributed by atoms with E-state index in [1.807, 2.05) is 20.8 Å². The lowest BCUT2D eigenvalue weighted by molar-refractivity contribution is -0.385. The Labute approximate surface area is 140 Å². The van der Waals surface area contributed by atoms with Crippen molar-refractivity contribution in [3.05, 3.63) is 74.8 Å². The highest BCUT2D eigenvalue weighted by Gasteiger charge is 2.29. The molecule has 0 saturated carbocycles. The minimum absolute atomic E-state index is 0.190. The SMILES string of the molecule is CC.Cc1ccc([N+](=O)[O-])c(C)c1.Cc1cccc(C(F)(F)F)c1. The highest BCUT2D eigenvalue weighted by molar-refractivity contribution is 5.41. The van der Waals surface area contributed by atoms with Crippen LogP contribution in [0, 0.1) is 30.9 Å². The third-order valence-electron chi connectivity index (χ3n) is 2.89. The van der Waals surface area contributed by atoms with Crippen LogP contribution in [0.4, 0.5) is 18.9 Å². The number of hydrogen-bond donors (Lipinski definition) is 0. The Kier molecular flexibility index (Phi) is 8.74. The molecule has 0 heterocycles. The van der Waals surface area contributed by atoms with Gasteiger partial charge >= 0.3 is 6.18 Å². The van der Waals surface area contributed by atoms with Crippen molar-refractivity contribution in [2.75, 3.05) is 0 Å². The summed E-state index contributed by atoms with van der Waals surface area (Å²) in [7, 11) is 0. The number of halogens is 3. The molecule has 0 amide bonds. The van der Waals surface area contributed by atoms with Gasteiger partial charge < -0.3 is 0 Å². The van der Waals surface area contributed by atoms with Crippen LogP contribution < -0.4 is 0 Å². The lowest BCUT2D eigenvalue weighted by Gasteiger charge is -2.05. The van der Waals surface area contributed by atoms with Crippen molar-refractivity contribution in [3.63, 3.8) is 0 Å². The minimum Gasteiger partial charge on any atom is -0.258 e. The third-order valence-corrected chi connectivity index (χ3v) is 2.89. The van der Waals surface area contributed by atoms with Crippen LogP contribution in [0.25, 0.3) is 0 Å². The first-order valence-corrected chi connectivity index (χ1v) is 7.47. The molecular weight excluding hydrogens is 319 g/mol. The van der Waals surface area contributed by atoms with Crippen molar-refractivity contribution in [2.24, 2.45) is 0 Å². The van der Waals surface area contributed by atoms with Crippen LogP contribution in [-0.2, 0) is 6.18 Å². The molecule has 2 aromatic rings. The van der Waals surface area contributed by atoms with Crippen LogP contribution in [-0.4, -0.2) is 4.92 Å². The molecule has 0 spiro atoms. The number of benzene rings is 2. The van der Waals surface area contributed by atoms with Crippen LogP contribution in [0.15, 0.2) is 42.5 Å². The van der Waals surface area contributed by atoms with Crippen LogP contribution in [0.5, 0.6) is 0 Å². The molecule has 0 bridgehead atoms. The van der Waals surface area contributed by atoms with E-state index in [4.69, 9.17) is 0 Å². The van der Waals surface area contributed by atoms with Crippen molar-refractivity contribution < 1.29 is 18.1 Å². The molecule has 0 unspecified atom stereocenters. The number of rotatable bonds is 1. The molecule has 0 aromatic heterocycles. The number of nitro groups is 1. The van der Waals surface area contributed by atoms with Crippen molar-refractivity contribution in [2.45, 2.75) is 40.8 Å². The van der Waals surface area contributed by atoms with Crippen molar-refractivity contribution in [3.8, 4) is 0 Å². The number of hydrogen-bond acceptors (Lipinski definition) is 2. The molecule has 0 aliphatic carbocycles. The Balaban J connectivity index is 0.000000400. The summed E-state index contributed by atoms with van der Waals surface area (Å²) in [6, 6.07) is 10.3. The lowest BCUT2D eigenvalue weighted by Crippen LogP contribution is -2.04. The van der Waals surface area contributed by atoms with Gasteiger partial charge in [-0.15, -0.1) is 0 Å². The van der Waals surface area contributed by atoms with Crippen LogP contribution in [0.2, 0.25) is 0 Å². The lowest BCUT2D eigenvalue weighted by atomic mass is 10.1. The van der Waals surface area contributed by atoms with Gasteiger partial charge in [0.15, 0.2) is 0 Å². The molecule has 3 nitrogen and oxygen atoms in total. The van der Waals surface area contributed by atoms with Gasteiger partial charge in [0.05, 0.1) is 10.5 Å². The predicted octanol–water partition coefficient (Wildman–Crippen LogP) is 6.25. The van der Waals surface area contributed by atoms with Gasteiger partial charge in [-0.05, 0) is 32.9 Å². The zero-order valence-electron chi connectivity index (χ0n) is 14.4. The van der Waals surface area contributed by atoms with Gasteiger partial charge in [0.25, 0.3) is 5.69 Å². The highest BCUT2D eigenvalue weighted by atomic mass is 19.4. The molecule has 0 aliphatic heterocycles. The summed E-state index contributed by atoms with van der Waals surface area (Å²) >= 11 is 0. The molecule has 132 valence electrons. The van der Waals surface area contributed by atoms with Gasteiger partial charge in [-0.2, -0.15) is 13.2 Å². The average Bonchev–Trinajstić information content (AvgIpc) is 2.48.